The van der Waals surface area contributed by atoms with Gasteiger partial charge in [0.15, 0.2) is 0 Å². The van der Waals surface area contributed by atoms with Gasteiger partial charge in [0.2, 0.25) is 0 Å². The van der Waals surface area contributed by atoms with Gasteiger partial charge in [-0.15, -0.1) is 0 Å². The molecule has 0 spiro atoms. The number of nitrogens with zero attached hydrogens (tertiary/aromatic N) is 2. The van der Waals surface area contributed by atoms with Gasteiger partial charge in [-0.3, -0.25) is 4.99 Å². The van der Waals surface area contributed by atoms with Crippen molar-refractivity contribution in [2.24, 2.45) is 4.99 Å². The molecule has 0 fully saturated rings. The Bertz CT molecular complexity index is 878. The standard InChI is InChI=1S/C20H15F3N2.C2H6/c1-2-3-4-18(10-16-9-14(12-24)5-8-19(16)22)25-13-15-6-7-17(21)11-20(15)23;1-2/h2-9,11H,1,10,13H2;1-2H3/b4-3-,25-18?;. The van der Waals surface area contributed by atoms with Gasteiger partial charge in [-0.2, -0.15) is 5.26 Å². The molecule has 0 saturated heterocycles. The summed E-state index contributed by atoms with van der Waals surface area (Å²) in [6.07, 6.45) is 4.93. The third-order valence-electron chi connectivity index (χ3n) is 3.44. The lowest BCUT2D eigenvalue weighted by atomic mass is 10.0. The van der Waals surface area contributed by atoms with Crippen LogP contribution in [0.25, 0.3) is 0 Å². The largest absolute Gasteiger partial charge is 0.285 e. The number of halogens is 3. The van der Waals surface area contributed by atoms with Crippen molar-refractivity contribution in [3.05, 3.63) is 95.3 Å². The van der Waals surface area contributed by atoms with E-state index < -0.39 is 17.5 Å². The normalized spacial score (nSPS) is 10.9. The maximum atomic E-state index is 13.9. The average Bonchev–Trinajstić information content (AvgIpc) is 2.68. The van der Waals surface area contributed by atoms with E-state index in [1.54, 1.807) is 12.2 Å². The predicted octanol–water partition coefficient (Wildman–Crippen LogP) is 5.93. The number of allylic oxidation sites excluding steroid dienone is 3. The molecule has 2 rings (SSSR count). The molecular weight excluding hydrogens is 349 g/mol. The van der Waals surface area contributed by atoms with Crippen LogP contribution in [0.4, 0.5) is 13.2 Å². The van der Waals surface area contributed by atoms with Crippen LogP contribution in [-0.2, 0) is 13.0 Å². The van der Waals surface area contributed by atoms with Crippen LogP contribution in [0, 0.1) is 28.8 Å². The topological polar surface area (TPSA) is 36.1 Å². The van der Waals surface area contributed by atoms with Gasteiger partial charge in [-0.25, -0.2) is 13.2 Å². The van der Waals surface area contributed by atoms with Crippen molar-refractivity contribution in [1.82, 2.24) is 0 Å². The Balaban J connectivity index is 0.00000176. The number of hydrogen-bond donors (Lipinski definition) is 0. The number of nitriles is 1. The zero-order valence-corrected chi connectivity index (χ0v) is 15.3. The second-order valence-corrected chi connectivity index (χ2v) is 5.23. The Morgan fingerprint density at radius 3 is 2.44 bits per heavy atom. The van der Waals surface area contributed by atoms with E-state index in [2.05, 4.69) is 11.6 Å². The van der Waals surface area contributed by atoms with E-state index >= 15 is 0 Å². The lowest BCUT2D eigenvalue weighted by Crippen LogP contribution is -2.04. The molecule has 2 nitrogen and oxygen atoms in total. The first-order valence-electron chi connectivity index (χ1n) is 8.48. The van der Waals surface area contributed by atoms with Gasteiger partial charge in [0.05, 0.1) is 18.2 Å². The molecular formula is C22H21F3N2. The molecule has 0 aliphatic carbocycles. The van der Waals surface area contributed by atoms with E-state index in [0.29, 0.717) is 16.8 Å². The number of rotatable bonds is 6. The molecule has 140 valence electrons. The molecule has 5 heteroatoms. The molecule has 2 aromatic carbocycles. The van der Waals surface area contributed by atoms with Crippen molar-refractivity contribution in [3.8, 4) is 6.07 Å². The highest BCUT2D eigenvalue weighted by molar-refractivity contribution is 5.96. The first-order valence-corrected chi connectivity index (χ1v) is 8.48. The van der Waals surface area contributed by atoms with E-state index in [0.717, 1.165) is 12.1 Å². The molecule has 0 unspecified atom stereocenters. The minimum Gasteiger partial charge on any atom is -0.285 e. The van der Waals surface area contributed by atoms with Crippen molar-refractivity contribution in [1.29, 1.82) is 5.26 Å². The molecule has 0 aromatic heterocycles. The summed E-state index contributed by atoms with van der Waals surface area (Å²) >= 11 is 0. The first-order chi connectivity index (χ1) is 13.0. The van der Waals surface area contributed by atoms with Gasteiger partial charge in [0.1, 0.15) is 17.5 Å². The lowest BCUT2D eigenvalue weighted by molar-refractivity contribution is 0.572. The summed E-state index contributed by atoms with van der Waals surface area (Å²) in [6, 6.07) is 9.29. The summed E-state index contributed by atoms with van der Waals surface area (Å²) in [4.78, 5) is 4.28. The van der Waals surface area contributed by atoms with Gasteiger partial charge >= 0.3 is 0 Å². The Morgan fingerprint density at radius 1 is 1.07 bits per heavy atom. The third kappa shape index (κ3) is 6.95. The summed E-state index contributed by atoms with van der Waals surface area (Å²) < 4.78 is 40.6. The minimum atomic E-state index is -0.687. The second-order valence-electron chi connectivity index (χ2n) is 5.23. The van der Waals surface area contributed by atoms with E-state index in [-0.39, 0.29) is 18.5 Å². The lowest BCUT2D eigenvalue weighted by Gasteiger charge is -2.06. The highest BCUT2D eigenvalue weighted by Gasteiger charge is 2.08. The molecule has 0 N–H and O–H groups in total. The Kier molecular flexibility index (Phi) is 9.32. The highest BCUT2D eigenvalue weighted by atomic mass is 19.1. The third-order valence-corrected chi connectivity index (χ3v) is 3.44. The smallest absolute Gasteiger partial charge is 0.131 e. The van der Waals surface area contributed by atoms with Crippen LogP contribution in [0.1, 0.15) is 30.5 Å². The Labute approximate surface area is 158 Å². The maximum absolute atomic E-state index is 13.9. The quantitative estimate of drug-likeness (QED) is 0.459. The summed E-state index contributed by atoms with van der Waals surface area (Å²) in [5.74, 6) is -1.80. The second kappa shape index (κ2) is 11.5. The molecule has 0 saturated carbocycles. The molecule has 0 radical (unpaired) electrons. The predicted molar refractivity (Wildman–Crippen MR) is 103 cm³/mol. The minimum absolute atomic E-state index is 0.0114. The fourth-order valence-electron chi connectivity index (χ4n) is 2.16. The van der Waals surface area contributed by atoms with Crippen LogP contribution >= 0.6 is 0 Å². The van der Waals surface area contributed by atoms with E-state index in [9.17, 15) is 13.2 Å². The van der Waals surface area contributed by atoms with E-state index in [4.69, 9.17) is 5.26 Å². The van der Waals surface area contributed by atoms with Crippen molar-refractivity contribution in [2.45, 2.75) is 26.8 Å². The Morgan fingerprint density at radius 2 is 1.81 bits per heavy atom. The first kappa shape index (κ1) is 21.9. The van der Waals surface area contributed by atoms with Crippen molar-refractivity contribution in [2.75, 3.05) is 0 Å². The number of hydrogen-bond acceptors (Lipinski definition) is 2. The van der Waals surface area contributed by atoms with Crippen molar-refractivity contribution in [3.63, 3.8) is 0 Å². The van der Waals surface area contributed by atoms with Crippen molar-refractivity contribution < 1.29 is 13.2 Å². The van der Waals surface area contributed by atoms with E-state index in [1.165, 1.54) is 30.3 Å². The summed E-state index contributed by atoms with van der Waals surface area (Å²) in [6.45, 7) is 7.55. The summed E-state index contributed by atoms with van der Waals surface area (Å²) in [5.41, 5.74) is 1.37. The average molecular weight is 370 g/mol. The molecule has 0 heterocycles. The molecule has 2 aromatic rings. The maximum Gasteiger partial charge on any atom is 0.131 e. The molecule has 0 aliphatic rings. The van der Waals surface area contributed by atoms with Crippen molar-refractivity contribution >= 4 is 5.71 Å². The van der Waals surface area contributed by atoms with Gasteiger partial charge in [0.25, 0.3) is 0 Å². The number of aliphatic imine (C=N–C) groups is 1. The van der Waals surface area contributed by atoms with E-state index in [1.807, 2.05) is 19.9 Å². The monoisotopic (exact) mass is 370 g/mol. The van der Waals surface area contributed by atoms with Crippen LogP contribution in [0.3, 0.4) is 0 Å². The summed E-state index contributed by atoms with van der Waals surface area (Å²) in [5, 5.41) is 8.93. The SMILES string of the molecule is C=C/C=C\C(Cc1cc(C#N)ccc1F)=NCc1ccc(F)cc1F.CC. The van der Waals surface area contributed by atoms with Gasteiger partial charge in [0, 0.05) is 23.8 Å². The van der Waals surface area contributed by atoms with Gasteiger partial charge in [-0.1, -0.05) is 38.6 Å². The molecule has 0 atom stereocenters. The van der Waals surface area contributed by atoms with Crippen LogP contribution in [-0.4, -0.2) is 5.71 Å². The zero-order chi connectivity index (χ0) is 20.2. The fraction of sp³-hybridized carbons (Fsp3) is 0.182. The summed E-state index contributed by atoms with van der Waals surface area (Å²) in [7, 11) is 0. The molecule has 27 heavy (non-hydrogen) atoms. The molecule has 0 amide bonds. The zero-order valence-electron chi connectivity index (χ0n) is 15.3. The fourth-order valence-corrected chi connectivity index (χ4v) is 2.16. The highest BCUT2D eigenvalue weighted by Crippen LogP contribution is 2.14. The van der Waals surface area contributed by atoms with Gasteiger partial charge < -0.3 is 0 Å². The molecule has 0 bridgehead atoms. The van der Waals surface area contributed by atoms with Gasteiger partial charge in [-0.05, 0) is 35.9 Å². The van der Waals surface area contributed by atoms with Crippen LogP contribution in [0.15, 0.2) is 66.2 Å². The molecule has 0 aliphatic heterocycles. The van der Waals surface area contributed by atoms with Crippen LogP contribution in [0.5, 0.6) is 0 Å². The number of benzene rings is 2. The van der Waals surface area contributed by atoms with Crippen LogP contribution in [0.2, 0.25) is 0 Å². The van der Waals surface area contributed by atoms with Crippen LogP contribution < -0.4 is 0 Å². The Hall–Kier alpha value is -3.13.